The first kappa shape index (κ1) is 38.3. The molecule has 0 unspecified atom stereocenters. The minimum Gasteiger partial charge on any atom is -0.512 e. The van der Waals surface area contributed by atoms with Crippen LogP contribution in [0, 0.1) is 23.8 Å². The number of ketones is 1. The van der Waals surface area contributed by atoms with Gasteiger partial charge in [0.2, 0.25) is 0 Å². The Labute approximate surface area is 296 Å². The van der Waals surface area contributed by atoms with Gasteiger partial charge in [-0.25, -0.2) is 0 Å². The minimum atomic E-state index is -0.337. The summed E-state index contributed by atoms with van der Waals surface area (Å²) in [6.45, 7) is 21.0. The molecular weight excluding hydrogens is 757 g/mol. The zero-order valence-corrected chi connectivity index (χ0v) is 32.5. The topological polar surface area (TPSA) is 63.1 Å². The molecule has 0 atom stereocenters. The maximum Gasteiger partial charge on any atom is 0.164 e. The number of aromatic nitrogens is 2. The largest absolute Gasteiger partial charge is 0.512 e. The Morgan fingerprint density at radius 2 is 1.49 bits per heavy atom. The number of carbonyl (C=O) groups is 1. The fraction of sp³-hybridized carbons (Fsp3) is 0.452. The molecule has 0 saturated heterocycles. The van der Waals surface area contributed by atoms with Gasteiger partial charge in [0, 0.05) is 48.8 Å². The van der Waals surface area contributed by atoms with Gasteiger partial charge in [-0.1, -0.05) is 115 Å². The number of rotatable bonds is 8. The summed E-state index contributed by atoms with van der Waals surface area (Å²) in [4.78, 5) is 22.0. The summed E-state index contributed by atoms with van der Waals surface area (Å²) in [6.07, 6.45) is 8.83. The van der Waals surface area contributed by atoms with E-state index in [1.807, 2.05) is 47.7 Å². The number of allylic oxidation sites excluding steroid dienone is 2. The van der Waals surface area contributed by atoms with Crippen LogP contribution >= 0.6 is 0 Å². The number of nitrogens with zero attached hydrogens (tertiary/aromatic N) is 2. The van der Waals surface area contributed by atoms with Gasteiger partial charge >= 0.3 is 0 Å². The predicted molar refractivity (Wildman–Crippen MR) is 193 cm³/mol. The van der Waals surface area contributed by atoms with E-state index < -0.39 is 0 Å². The van der Waals surface area contributed by atoms with Crippen molar-refractivity contribution in [2.24, 2.45) is 10.8 Å². The van der Waals surface area contributed by atoms with E-state index in [1.54, 1.807) is 0 Å². The van der Waals surface area contributed by atoms with Crippen molar-refractivity contribution in [2.45, 2.75) is 113 Å². The van der Waals surface area contributed by atoms with E-state index in [1.165, 1.54) is 39.3 Å². The average molecular weight is 810 g/mol. The molecule has 1 aromatic heterocycles. The molecule has 0 amide bonds. The molecular formula is C42H53IrN2O2-. The Morgan fingerprint density at radius 1 is 0.872 bits per heavy atom. The first-order valence-corrected chi connectivity index (χ1v) is 17.1. The van der Waals surface area contributed by atoms with Gasteiger partial charge in [-0.15, -0.1) is 29.1 Å². The van der Waals surface area contributed by atoms with Crippen molar-refractivity contribution in [3.63, 3.8) is 0 Å². The average Bonchev–Trinajstić information content (AvgIpc) is 3.06. The van der Waals surface area contributed by atoms with Crippen LogP contribution in [0.5, 0.6) is 0 Å². The summed E-state index contributed by atoms with van der Waals surface area (Å²) in [5.74, 6) is 1.04. The van der Waals surface area contributed by atoms with E-state index in [-0.39, 0.29) is 47.9 Å². The Balaban J connectivity index is 0.000000290. The molecule has 1 N–H and O–H groups in total. The smallest absolute Gasteiger partial charge is 0.164 e. The minimum absolute atomic E-state index is 0. The molecule has 0 saturated carbocycles. The summed E-state index contributed by atoms with van der Waals surface area (Å²) in [5, 5.41) is 12.5. The molecule has 1 heterocycles. The van der Waals surface area contributed by atoms with Gasteiger partial charge < -0.3 is 5.11 Å². The zero-order chi connectivity index (χ0) is 33.9. The van der Waals surface area contributed by atoms with Gasteiger partial charge in [-0.05, 0) is 62.0 Å². The van der Waals surface area contributed by atoms with E-state index >= 15 is 0 Å². The number of aliphatic hydroxyl groups is 1. The molecule has 5 heteroatoms. The molecule has 47 heavy (non-hydrogen) atoms. The summed E-state index contributed by atoms with van der Waals surface area (Å²) in [5.41, 5.74) is 7.96. The predicted octanol–water partition coefficient (Wildman–Crippen LogP) is 11.1. The van der Waals surface area contributed by atoms with E-state index in [4.69, 9.17) is 9.97 Å². The second-order valence-electron chi connectivity index (χ2n) is 14.5. The third kappa shape index (κ3) is 8.30. The number of aliphatic hydroxyl groups excluding tert-OH is 1. The molecule has 0 spiro atoms. The van der Waals surface area contributed by atoms with Crippen LogP contribution in [0.15, 0.2) is 66.6 Å². The summed E-state index contributed by atoms with van der Waals surface area (Å²) < 4.78 is 0. The fourth-order valence-electron chi connectivity index (χ4n) is 6.04. The molecule has 4 aromatic rings. The van der Waals surface area contributed by atoms with Crippen molar-refractivity contribution in [3.8, 4) is 22.6 Å². The maximum atomic E-state index is 12.2. The van der Waals surface area contributed by atoms with Gasteiger partial charge in [0.1, 0.15) is 5.76 Å². The van der Waals surface area contributed by atoms with E-state index in [2.05, 4.69) is 82.3 Å². The van der Waals surface area contributed by atoms with Crippen LogP contribution in [-0.2, 0) is 43.2 Å². The van der Waals surface area contributed by atoms with E-state index in [0.29, 0.717) is 0 Å². The van der Waals surface area contributed by atoms with Crippen molar-refractivity contribution in [1.29, 1.82) is 0 Å². The number of fused-ring (bicyclic) bond motifs is 4. The monoisotopic (exact) mass is 810 g/mol. The van der Waals surface area contributed by atoms with Crippen molar-refractivity contribution < 1.29 is 30.0 Å². The molecule has 1 aliphatic carbocycles. The van der Waals surface area contributed by atoms with Crippen molar-refractivity contribution in [1.82, 2.24) is 9.97 Å². The molecule has 253 valence electrons. The molecule has 1 radical (unpaired) electrons. The van der Waals surface area contributed by atoms with Crippen LogP contribution in [0.1, 0.15) is 110 Å². The van der Waals surface area contributed by atoms with Gasteiger partial charge in [-0.3, -0.25) is 14.8 Å². The first-order chi connectivity index (χ1) is 21.7. The molecule has 3 aromatic carbocycles. The van der Waals surface area contributed by atoms with Crippen LogP contribution in [-0.4, -0.2) is 20.9 Å². The molecule has 1 aliphatic rings. The molecule has 4 nitrogen and oxygen atoms in total. The number of carbonyl (C=O) groups excluding carboxylic acids is 1. The molecule has 5 rings (SSSR count). The Bertz CT molecular complexity index is 1740. The maximum absolute atomic E-state index is 12.2. The van der Waals surface area contributed by atoms with Crippen molar-refractivity contribution in [3.05, 3.63) is 94.9 Å². The normalized spacial score (nSPS) is 13.2. The SMILES string of the molecule is CCC(C)(CC)C(=O)/C=C(\O)C(C)(CC)CC.Cc1ccc2c(c1)CCc1cnc(-c3[c-]c4ccccc4c(C(C)(C)C)c3)nc1-2.[Ir]. The third-order valence-electron chi connectivity index (χ3n) is 10.5. The summed E-state index contributed by atoms with van der Waals surface area (Å²) in [6, 6.07) is 21.0. The molecule has 0 bridgehead atoms. The third-order valence-corrected chi connectivity index (χ3v) is 10.5. The van der Waals surface area contributed by atoms with Crippen LogP contribution in [0.3, 0.4) is 0 Å². The van der Waals surface area contributed by atoms with Crippen LogP contribution in [0.25, 0.3) is 33.4 Å². The van der Waals surface area contributed by atoms with Gasteiger partial charge in [0.15, 0.2) is 5.78 Å². The Morgan fingerprint density at radius 3 is 2.11 bits per heavy atom. The van der Waals surface area contributed by atoms with Gasteiger partial charge in [0.25, 0.3) is 0 Å². The first-order valence-electron chi connectivity index (χ1n) is 17.1. The van der Waals surface area contributed by atoms with Crippen LogP contribution in [0.4, 0.5) is 0 Å². The second kappa shape index (κ2) is 15.4. The van der Waals surface area contributed by atoms with Gasteiger partial charge in [0.05, 0.1) is 11.5 Å². The van der Waals surface area contributed by atoms with Crippen LogP contribution in [0.2, 0.25) is 0 Å². The van der Waals surface area contributed by atoms with Crippen molar-refractivity contribution >= 4 is 16.6 Å². The Hall–Kier alpha value is -3.14. The van der Waals surface area contributed by atoms with E-state index in [9.17, 15) is 9.90 Å². The van der Waals surface area contributed by atoms with Gasteiger partial charge in [-0.2, -0.15) is 0 Å². The summed E-state index contributed by atoms with van der Waals surface area (Å²) in [7, 11) is 0. The number of benzene rings is 3. The Kier molecular flexibility index (Phi) is 12.5. The number of hydrogen-bond acceptors (Lipinski definition) is 4. The summed E-state index contributed by atoms with van der Waals surface area (Å²) >= 11 is 0. The number of aryl methyl sites for hydroxylation is 3. The standard InChI is InChI=1S/C27H25N2.C15H28O2.Ir/c1-17-9-12-23-19(13-17)10-11-20-16-28-26(29-25(20)23)21-14-18-7-5-6-8-22(18)24(15-21)27(2,3)4;1-7-14(5,8-2)12(16)11-13(17)15(6,9-3)10-4;/h5-9,12-13,15-16H,10-11H2,1-4H3;11,16H,7-10H2,1-6H3;/q-1;;/b;12-11-;. The van der Waals surface area contributed by atoms with E-state index in [0.717, 1.165) is 61.0 Å². The molecule has 0 fully saturated rings. The fourth-order valence-corrected chi connectivity index (χ4v) is 6.04. The zero-order valence-electron chi connectivity index (χ0n) is 30.1. The molecule has 0 aliphatic heterocycles. The van der Waals surface area contributed by atoms with Crippen LogP contribution < -0.4 is 0 Å². The quantitative estimate of drug-likeness (QED) is 0.109. The number of hydrogen-bond donors (Lipinski definition) is 1. The second-order valence-corrected chi connectivity index (χ2v) is 14.5. The van der Waals surface area contributed by atoms with Crippen molar-refractivity contribution in [2.75, 3.05) is 0 Å².